The minimum atomic E-state index is 0.181. The summed E-state index contributed by atoms with van der Waals surface area (Å²) in [6.07, 6.45) is 3.86. The molecule has 0 aliphatic rings. The highest BCUT2D eigenvalue weighted by Crippen LogP contribution is 1.88. The molecule has 0 saturated heterocycles. The largest absolute Gasteiger partial charge is 0.293 e. The zero-order valence-corrected chi connectivity index (χ0v) is 6.87. The Hall–Kier alpha value is -1.18. The first-order valence-electron chi connectivity index (χ1n) is 3.63. The number of rotatable bonds is 2. The predicted octanol–water partition coefficient (Wildman–Crippen LogP) is 0.872. The lowest BCUT2D eigenvalue weighted by molar-refractivity contribution is -0.684. The molecule has 11 heavy (non-hydrogen) atoms. The summed E-state index contributed by atoms with van der Waals surface area (Å²) in [5, 5.41) is 0. The molecule has 0 amide bonds. The molecular weight excluding hydrogens is 138 g/mol. The number of hydrogen-bond donors (Lipinski definition) is 0. The van der Waals surface area contributed by atoms with Crippen molar-refractivity contribution < 1.29 is 9.36 Å². The Labute approximate surface area is 66.5 Å². The molecule has 0 aliphatic carbocycles. The zero-order valence-electron chi connectivity index (χ0n) is 6.87. The first kappa shape index (κ1) is 7.92. The van der Waals surface area contributed by atoms with E-state index >= 15 is 0 Å². The fourth-order valence-electron chi connectivity index (χ4n) is 1.01. The van der Waals surface area contributed by atoms with Crippen molar-refractivity contribution in [1.29, 1.82) is 0 Å². The monoisotopic (exact) mass is 150 g/mol. The summed E-state index contributed by atoms with van der Waals surface area (Å²) in [6, 6.07) is 3.95. The molecule has 2 nitrogen and oxygen atoms in total. The second-order valence-corrected chi connectivity index (χ2v) is 2.76. The van der Waals surface area contributed by atoms with Gasteiger partial charge in [0.2, 0.25) is 6.54 Å². The van der Waals surface area contributed by atoms with Crippen molar-refractivity contribution in [2.24, 2.45) is 0 Å². The summed E-state index contributed by atoms with van der Waals surface area (Å²) in [5.41, 5.74) is 1.17. The van der Waals surface area contributed by atoms with E-state index < -0.39 is 0 Å². The molecule has 1 aromatic rings. The number of hydrogen-bond acceptors (Lipinski definition) is 1. The molecule has 1 aromatic heterocycles. The summed E-state index contributed by atoms with van der Waals surface area (Å²) in [5.74, 6) is 0.181. The number of ketones is 1. The van der Waals surface area contributed by atoms with E-state index in [0.29, 0.717) is 6.54 Å². The van der Waals surface area contributed by atoms with Gasteiger partial charge in [-0.2, -0.15) is 4.57 Å². The smallest absolute Gasteiger partial charge is 0.206 e. The van der Waals surface area contributed by atoms with Gasteiger partial charge >= 0.3 is 0 Å². The third-order valence-corrected chi connectivity index (χ3v) is 1.41. The number of pyridine rings is 1. The zero-order chi connectivity index (χ0) is 8.27. The van der Waals surface area contributed by atoms with Gasteiger partial charge in [0.25, 0.3) is 0 Å². The highest BCUT2D eigenvalue weighted by Gasteiger charge is 2.02. The van der Waals surface area contributed by atoms with E-state index in [9.17, 15) is 4.79 Å². The molecule has 1 rings (SSSR count). The van der Waals surface area contributed by atoms with Crippen molar-refractivity contribution in [3.05, 3.63) is 30.1 Å². The quantitative estimate of drug-likeness (QED) is 0.573. The second-order valence-electron chi connectivity index (χ2n) is 2.76. The van der Waals surface area contributed by atoms with Crippen LogP contribution >= 0.6 is 0 Å². The Morgan fingerprint density at radius 2 is 2.36 bits per heavy atom. The molecule has 0 fully saturated rings. The van der Waals surface area contributed by atoms with Crippen molar-refractivity contribution >= 4 is 5.78 Å². The number of aromatic nitrogens is 1. The van der Waals surface area contributed by atoms with E-state index in [1.54, 1.807) is 6.92 Å². The van der Waals surface area contributed by atoms with Gasteiger partial charge in [0, 0.05) is 18.6 Å². The van der Waals surface area contributed by atoms with Crippen LogP contribution in [0.15, 0.2) is 24.5 Å². The fraction of sp³-hybridized carbons (Fsp3) is 0.333. The van der Waals surface area contributed by atoms with Gasteiger partial charge in [0.15, 0.2) is 18.2 Å². The molecule has 0 radical (unpaired) electrons. The minimum Gasteiger partial charge on any atom is -0.293 e. The van der Waals surface area contributed by atoms with E-state index in [1.165, 1.54) is 5.56 Å². The Balaban J connectivity index is 2.79. The van der Waals surface area contributed by atoms with Gasteiger partial charge in [-0.1, -0.05) is 0 Å². The Morgan fingerprint density at radius 3 is 2.91 bits per heavy atom. The van der Waals surface area contributed by atoms with Crippen LogP contribution in [0.1, 0.15) is 12.5 Å². The topological polar surface area (TPSA) is 20.9 Å². The Bertz CT molecular complexity index is 268. The van der Waals surface area contributed by atoms with Crippen LogP contribution in [0.4, 0.5) is 0 Å². The van der Waals surface area contributed by atoms with Crippen molar-refractivity contribution in [2.45, 2.75) is 20.4 Å². The lowest BCUT2D eigenvalue weighted by Gasteiger charge is -1.92. The summed E-state index contributed by atoms with van der Waals surface area (Å²) >= 11 is 0. The van der Waals surface area contributed by atoms with Crippen molar-refractivity contribution in [3.8, 4) is 0 Å². The van der Waals surface area contributed by atoms with E-state index in [0.717, 1.165) is 0 Å². The van der Waals surface area contributed by atoms with Crippen LogP contribution in [0.3, 0.4) is 0 Å². The minimum absolute atomic E-state index is 0.181. The lowest BCUT2D eigenvalue weighted by atomic mass is 10.3. The maximum Gasteiger partial charge on any atom is 0.206 e. The summed E-state index contributed by atoms with van der Waals surface area (Å²) < 4.78 is 1.89. The first-order chi connectivity index (χ1) is 5.18. The predicted molar refractivity (Wildman–Crippen MR) is 42.1 cm³/mol. The molecule has 1 heterocycles. The number of nitrogens with zero attached hydrogens (tertiary/aromatic N) is 1. The van der Waals surface area contributed by atoms with Gasteiger partial charge in [0.1, 0.15) is 0 Å². The van der Waals surface area contributed by atoms with Crippen molar-refractivity contribution in [3.63, 3.8) is 0 Å². The Morgan fingerprint density at radius 1 is 1.64 bits per heavy atom. The third kappa shape index (κ3) is 2.50. The lowest BCUT2D eigenvalue weighted by Crippen LogP contribution is -2.36. The maximum absolute atomic E-state index is 10.7. The van der Waals surface area contributed by atoms with Crippen molar-refractivity contribution in [2.75, 3.05) is 0 Å². The van der Waals surface area contributed by atoms with Gasteiger partial charge in [-0.25, -0.2) is 0 Å². The van der Waals surface area contributed by atoms with Crippen molar-refractivity contribution in [1.82, 2.24) is 0 Å². The van der Waals surface area contributed by atoms with Crippen LogP contribution < -0.4 is 4.57 Å². The summed E-state index contributed by atoms with van der Waals surface area (Å²) in [7, 11) is 0. The summed E-state index contributed by atoms with van der Waals surface area (Å²) in [6.45, 7) is 4.08. The number of Topliss-reactive ketones (excluding diaryl/α,β-unsaturated/α-hetero) is 1. The molecule has 0 spiro atoms. The average Bonchev–Trinajstić information content (AvgIpc) is 1.85. The van der Waals surface area contributed by atoms with E-state index in [2.05, 4.69) is 0 Å². The molecule has 0 saturated carbocycles. The summed E-state index contributed by atoms with van der Waals surface area (Å²) in [4.78, 5) is 10.7. The Kier molecular flexibility index (Phi) is 2.36. The van der Waals surface area contributed by atoms with Crippen LogP contribution in [-0.2, 0) is 11.3 Å². The second kappa shape index (κ2) is 3.28. The number of carbonyl (C=O) groups is 1. The number of aryl methyl sites for hydroxylation is 1. The molecule has 0 aliphatic heterocycles. The standard InChI is InChI=1S/C9H12NO/c1-8-4-3-5-10(6-8)7-9(2)11/h3-6H,7H2,1-2H3/q+1. The molecule has 58 valence electrons. The molecular formula is C9H12NO+. The van der Waals surface area contributed by atoms with Gasteiger partial charge in [-0.15, -0.1) is 0 Å². The molecule has 0 bridgehead atoms. The van der Waals surface area contributed by atoms with Crippen LogP contribution in [-0.4, -0.2) is 5.78 Å². The molecule has 0 unspecified atom stereocenters. The van der Waals surface area contributed by atoms with E-state index in [-0.39, 0.29) is 5.78 Å². The highest BCUT2D eigenvalue weighted by atomic mass is 16.1. The van der Waals surface area contributed by atoms with E-state index in [1.807, 2.05) is 36.0 Å². The van der Waals surface area contributed by atoms with Gasteiger partial charge in [-0.05, 0) is 13.0 Å². The van der Waals surface area contributed by atoms with Crippen LogP contribution in [0.2, 0.25) is 0 Å². The van der Waals surface area contributed by atoms with Crippen LogP contribution in [0.25, 0.3) is 0 Å². The molecule has 0 aromatic carbocycles. The van der Waals surface area contributed by atoms with Gasteiger partial charge in [0.05, 0.1) is 0 Å². The van der Waals surface area contributed by atoms with E-state index in [4.69, 9.17) is 0 Å². The van der Waals surface area contributed by atoms with Crippen LogP contribution in [0.5, 0.6) is 0 Å². The van der Waals surface area contributed by atoms with Gasteiger partial charge < -0.3 is 0 Å². The molecule has 0 atom stereocenters. The normalized spacial score (nSPS) is 9.64. The first-order valence-corrected chi connectivity index (χ1v) is 3.63. The number of carbonyl (C=O) groups excluding carboxylic acids is 1. The fourth-order valence-corrected chi connectivity index (χ4v) is 1.01. The highest BCUT2D eigenvalue weighted by molar-refractivity contribution is 5.73. The maximum atomic E-state index is 10.7. The molecule has 2 heteroatoms. The average molecular weight is 150 g/mol. The third-order valence-electron chi connectivity index (χ3n) is 1.41. The van der Waals surface area contributed by atoms with Crippen LogP contribution in [0, 0.1) is 6.92 Å². The SMILES string of the molecule is CC(=O)C[n+]1cccc(C)c1. The molecule has 0 N–H and O–H groups in total. The van der Waals surface area contributed by atoms with Gasteiger partial charge in [-0.3, -0.25) is 4.79 Å².